The van der Waals surface area contributed by atoms with Crippen molar-refractivity contribution in [2.24, 2.45) is 0 Å². The fourth-order valence-corrected chi connectivity index (χ4v) is 4.93. The monoisotopic (exact) mass is 593 g/mol. The van der Waals surface area contributed by atoms with Crippen LogP contribution >= 0.6 is 0 Å². The molecule has 0 saturated carbocycles. The number of rotatable bonds is 8. The Balaban J connectivity index is 1.16. The summed E-state index contributed by atoms with van der Waals surface area (Å²) in [4.78, 5) is 32.9. The Kier molecular flexibility index (Phi) is 9.64. The van der Waals surface area contributed by atoms with Crippen molar-refractivity contribution < 1.29 is 19.1 Å². The maximum absolute atomic E-state index is 12.5. The first-order valence-electron chi connectivity index (χ1n) is 14.8. The van der Waals surface area contributed by atoms with Gasteiger partial charge >= 0.3 is 12.1 Å². The van der Waals surface area contributed by atoms with Gasteiger partial charge in [-0.05, 0) is 85.5 Å². The third-order valence-electron chi connectivity index (χ3n) is 7.15. The van der Waals surface area contributed by atoms with Crippen LogP contribution < -0.4 is 20.3 Å². The predicted octanol–water partition coefficient (Wildman–Crippen LogP) is 6.71. The van der Waals surface area contributed by atoms with E-state index in [9.17, 15) is 9.59 Å². The van der Waals surface area contributed by atoms with E-state index in [0.29, 0.717) is 37.7 Å². The summed E-state index contributed by atoms with van der Waals surface area (Å²) in [6.07, 6.45) is 3.16. The van der Waals surface area contributed by atoms with Gasteiger partial charge in [0.1, 0.15) is 18.0 Å². The third kappa shape index (κ3) is 8.50. The molecule has 5 rings (SSSR count). The molecule has 0 unspecified atom stereocenters. The Labute approximate surface area is 258 Å². The number of urea groups is 1. The molecule has 1 fully saturated rings. The summed E-state index contributed by atoms with van der Waals surface area (Å²) in [5.41, 5.74) is 5.49. The first kappa shape index (κ1) is 30.4. The molecule has 44 heavy (non-hydrogen) atoms. The van der Waals surface area contributed by atoms with Crippen molar-refractivity contribution >= 4 is 23.5 Å². The van der Waals surface area contributed by atoms with Gasteiger partial charge in [-0.2, -0.15) is 0 Å². The summed E-state index contributed by atoms with van der Waals surface area (Å²) in [6, 6.07) is 27.5. The quantitative estimate of drug-likeness (QED) is 0.236. The lowest BCUT2D eigenvalue weighted by Crippen LogP contribution is -2.50. The van der Waals surface area contributed by atoms with Gasteiger partial charge in [0.2, 0.25) is 0 Å². The van der Waals surface area contributed by atoms with E-state index in [1.54, 1.807) is 17.3 Å². The summed E-state index contributed by atoms with van der Waals surface area (Å²) in [7, 11) is 0. The van der Waals surface area contributed by atoms with Crippen molar-refractivity contribution in [3.05, 3.63) is 108 Å². The summed E-state index contributed by atoms with van der Waals surface area (Å²) in [6.45, 7) is 9.17. The Morgan fingerprint density at radius 3 is 2.39 bits per heavy atom. The number of amides is 3. The number of piperazine rings is 1. The molecule has 9 heteroatoms. The number of nitrogens with one attached hydrogen (secondary N) is 2. The normalized spacial score (nSPS) is 13.2. The first-order valence-corrected chi connectivity index (χ1v) is 14.8. The summed E-state index contributed by atoms with van der Waals surface area (Å²) in [5.74, 6) is 0.706. The highest BCUT2D eigenvalue weighted by Crippen LogP contribution is 2.29. The molecule has 1 saturated heterocycles. The van der Waals surface area contributed by atoms with E-state index < -0.39 is 5.60 Å². The van der Waals surface area contributed by atoms with Crippen LogP contribution in [0.25, 0.3) is 11.1 Å². The number of ether oxygens (including phenoxy) is 2. The van der Waals surface area contributed by atoms with Crippen molar-refractivity contribution in [3.8, 4) is 16.9 Å². The van der Waals surface area contributed by atoms with Crippen LogP contribution in [0.15, 0.2) is 97.3 Å². The second-order valence-electron chi connectivity index (χ2n) is 11.6. The molecule has 0 aliphatic carbocycles. The second-order valence-corrected chi connectivity index (χ2v) is 11.6. The van der Waals surface area contributed by atoms with Crippen LogP contribution in [0.2, 0.25) is 0 Å². The summed E-state index contributed by atoms with van der Waals surface area (Å²) < 4.78 is 11.7. The van der Waals surface area contributed by atoms with Crippen LogP contribution in [0.5, 0.6) is 5.75 Å². The first-order chi connectivity index (χ1) is 21.2. The minimum atomic E-state index is -0.500. The number of carbonyl (C=O) groups excluding carboxylic acids is 2. The molecule has 1 aromatic heterocycles. The highest BCUT2D eigenvalue weighted by Gasteiger charge is 2.26. The largest absolute Gasteiger partial charge is 0.489 e. The van der Waals surface area contributed by atoms with E-state index in [1.165, 1.54) is 0 Å². The van der Waals surface area contributed by atoms with Gasteiger partial charge in [-0.15, -0.1) is 0 Å². The van der Waals surface area contributed by atoms with Crippen LogP contribution in [0.4, 0.5) is 21.0 Å². The number of hydrogen-bond donors (Lipinski definition) is 2. The third-order valence-corrected chi connectivity index (χ3v) is 7.15. The molecule has 2 N–H and O–H groups in total. The van der Waals surface area contributed by atoms with Gasteiger partial charge < -0.3 is 29.9 Å². The molecule has 0 spiro atoms. The van der Waals surface area contributed by atoms with E-state index >= 15 is 0 Å². The van der Waals surface area contributed by atoms with E-state index in [2.05, 4.69) is 56.9 Å². The molecule has 0 atom stereocenters. The van der Waals surface area contributed by atoms with Gasteiger partial charge in [-0.1, -0.05) is 42.5 Å². The number of pyridine rings is 1. The number of hydrogen-bond acceptors (Lipinski definition) is 6. The minimum absolute atomic E-state index is 0.256. The Morgan fingerprint density at radius 2 is 1.66 bits per heavy atom. The minimum Gasteiger partial charge on any atom is -0.489 e. The lowest BCUT2D eigenvalue weighted by Gasteiger charge is -2.37. The smallest absolute Gasteiger partial charge is 0.410 e. The highest BCUT2D eigenvalue weighted by molar-refractivity contribution is 5.89. The highest BCUT2D eigenvalue weighted by atomic mass is 16.6. The van der Waals surface area contributed by atoms with Crippen LogP contribution in [0.1, 0.15) is 31.9 Å². The van der Waals surface area contributed by atoms with Crippen molar-refractivity contribution in [3.63, 3.8) is 0 Å². The van der Waals surface area contributed by atoms with Gasteiger partial charge in [0, 0.05) is 56.5 Å². The molecule has 4 aromatic rings. The number of nitrogens with zero attached hydrogens (tertiary/aromatic N) is 3. The maximum atomic E-state index is 12.5. The summed E-state index contributed by atoms with van der Waals surface area (Å²) >= 11 is 0. The number of carbonyl (C=O) groups is 2. The second kappa shape index (κ2) is 13.9. The Morgan fingerprint density at radius 1 is 0.886 bits per heavy atom. The van der Waals surface area contributed by atoms with Gasteiger partial charge in [0.15, 0.2) is 0 Å². The lowest BCUT2D eigenvalue weighted by atomic mass is 9.99. The molecule has 1 aliphatic rings. The van der Waals surface area contributed by atoms with Crippen molar-refractivity contribution in [2.45, 2.75) is 39.5 Å². The molecule has 9 nitrogen and oxygen atoms in total. The zero-order valence-electron chi connectivity index (χ0n) is 25.5. The SMILES string of the molecule is CC(C)(C)OC(=O)N1CCN(c2cccc(-c3ccccc3COc3ccc(NC(=O)NCc4cccnc4)cc3)c2)CC1. The molecule has 1 aliphatic heterocycles. The fraction of sp³-hybridized carbons (Fsp3) is 0.286. The number of anilines is 2. The van der Waals surface area contributed by atoms with Gasteiger partial charge in [-0.3, -0.25) is 4.98 Å². The lowest BCUT2D eigenvalue weighted by molar-refractivity contribution is 0.0240. The van der Waals surface area contributed by atoms with Crippen LogP contribution in [0.3, 0.4) is 0 Å². The van der Waals surface area contributed by atoms with E-state index in [1.807, 2.05) is 69.3 Å². The molecule has 3 aromatic carbocycles. The molecular weight excluding hydrogens is 554 g/mol. The number of aromatic nitrogens is 1. The molecule has 2 heterocycles. The van der Waals surface area contributed by atoms with E-state index in [4.69, 9.17) is 9.47 Å². The fourth-order valence-electron chi connectivity index (χ4n) is 4.93. The van der Waals surface area contributed by atoms with Gasteiger partial charge in [-0.25, -0.2) is 9.59 Å². The molecule has 228 valence electrons. The molecule has 0 bridgehead atoms. The number of benzene rings is 3. The molecular formula is C35H39N5O4. The van der Waals surface area contributed by atoms with Crippen molar-refractivity contribution in [2.75, 3.05) is 36.4 Å². The standard InChI is InChI=1S/C35H39N5O4/c1-35(2,3)44-34(42)40-20-18-39(19-21-40)30-11-6-10-27(22-30)32-12-5-4-9-28(32)25-43-31-15-13-29(14-16-31)38-33(41)37-24-26-8-7-17-36-23-26/h4-17,22-23H,18-21,24-25H2,1-3H3,(H2,37,38,41). The van der Waals surface area contributed by atoms with Crippen LogP contribution in [-0.2, 0) is 17.9 Å². The van der Waals surface area contributed by atoms with E-state index in [-0.39, 0.29) is 12.1 Å². The van der Waals surface area contributed by atoms with Crippen molar-refractivity contribution in [1.29, 1.82) is 0 Å². The van der Waals surface area contributed by atoms with Gasteiger partial charge in [0.05, 0.1) is 0 Å². The van der Waals surface area contributed by atoms with Crippen molar-refractivity contribution in [1.82, 2.24) is 15.2 Å². The topological polar surface area (TPSA) is 96.0 Å². The summed E-state index contributed by atoms with van der Waals surface area (Å²) in [5, 5.41) is 5.66. The molecule has 0 radical (unpaired) electrons. The van der Waals surface area contributed by atoms with Gasteiger partial charge in [0.25, 0.3) is 0 Å². The van der Waals surface area contributed by atoms with Crippen LogP contribution in [-0.4, -0.2) is 53.8 Å². The average molecular weight is 594 g/mol. The molecule has 3 amide bonds. The van der Waals surface area contributed by atoms with Crippen LogP contribution in [0, 0.1) is 0 Å². The van der Waals surface area contributed by atoms with E-state index in [0.717, 1.165) is 41.0 Å². The zero-order valence-corrected chi connectivity index (χ0v) is 25.5. The Hall–Kier alpha value is -5.05. The average Bonchev–Trinajstić information content (AvgIpc) is 3.03. The maximum Gasteiger partial charge on any atom is 0.410 e. The Bertz CT molecular complexity index is 1550. The zero-order chi connectivity index (χ0) is 30.9. The predicted molar refractivity (Wildman–Crippen MR) is 173 cm³/mol.